The summed E-state index contributed by atoms with van der Waals surface area (Å²) in [6, 6.07) is 0. The highest BCUT2D eigenvalue weighted by molar-refractivity contribution is 14.0. The fourth-order valence-corrected chi connectivity index (χ4v) is 2.51. The summed E-state index contributed by atoms with van der Waals surface area (Å²) < 4.78 is 12.6. The van der Waals surface area contributed by atoms with E-state index >= 15 is 0 Å². The first-order valence-corrected chi connectivity index (χ1v) is 8.27. The second-order valence-corrected chi connectivity index (χ2v) is 5.45. The van der Waals surface area contributed by atoms with Gasteiger partial charge in [0.1, 0.15) is 5.82 Å². The lowest BCUT2D eigenvalue weighted by molar-refractivity contribution is 0.0698. The predicted octanol–water partition coefficient (Wildman–Crippen LogP) is 0.950. The number of fused-ring (bicyclic) bond motifs is 1. The fraction of sp³-hybridized carbons (Fsp3) is 0.800. The Morgan fingerprint density at radius 3 is 2.88 bits per heavy atom. The summed E-state index contributed by atoms with van der Waals surface area (Å²) in [6.07, 6.45) is 4.36. The number of nitrogens with zero attached hydrogens (tertiary/aromatic N) is 4. The van der Waals surface area contributed by atoms with Crippen molar-refractivity contribution < 1.29 is 9.47 Å². The average molecular weight is 452 g/mol. The van der Waals surface area contributed by atoms with Gasteiger partial charge in [-0.05, 0) is 19.3 Å². The van der Waals surface area contributed by atoms with Crippen LogP contribution in [0.5, 0.6) is 0 Å². The van der Waals surface area contributed by atoms with E-state index in [2.05, 4.69) is 30.4 Å². The van der Waals surface area contributed by atoms with Gasteiger partial charge in [0, 0.05) is 40.3 Å². The van der Waals surface area contributed by atoms with Crippen LogP contribution in [0, 0.1) is 0 Å². The SMILES string of the molecule is CN=C(NCCCOCCOC)NCc1nnc2n1CCCC2.I. The second kappa shape index (κ2) is 12.4. The van der Waals surface area contributed by atoms with Gasteiger partial charge in [0.05, 0.1) is 19.8 Å². The van der Waals surface area contributed by atoms with Crippen LogP contribution < -0.4 is 10.6 Å². The van der Waals surface area contributed by atoms with Crippen molar-refractivity contribution >= 4 is 29.9 Å². The van der Waals surface area contributed by atoms with Gasteiger partial charge >= 0.3 is 0 Å². The Labute approximate surface area is 160 Å². The van der Waals surface area contributed by atoms with Gasteiger partial charge in [0.15, 0.2) is 11.8 Å². The number of aliphatic imine (C=N–C) groups is 1. The first kappa shape index (κ1) is 21.1. The van der Waals surface area contributed by atoms with Gasteiger partial charge in [-0.2, -0.15) is 0 Å². The summed E-state index contributed by atoms with van der Waals surface area (Å²) in [7, 11) is 3.44. The molecule has 0 amide bonds. The van der Waals surface area contributed by atoms with Crippen molar-refractivity contribution in [2.24, 2.45) is 4.99 Å². The van der Waals surface area contributed by atoms with Crippen LogP contribution in [0.1, 0.15) is 30.9 Å². The number of aromatic nitrogens is 3. The molecule has 8 nitrogen and oxygen atoms in total. The molecule has 0 aromatic carbocycles. The maximum Gasteiger partial charge on any atom is 0.191 e. The molecule has 138 valence electrons. The Kier molecular flexibility index (Phi) is 10.9. The van der Waals surface area contributed by atoms with Crippen LogP contribution >= 0.6 is 24.0 Å². The van der Waals surface area contributed by atoms with Crippen molar-refractivity contribution in [1.29, 1.82) is 0 Å². The summed E-state index contributed by atoms with van der Waals surface area (Å²) in [4.78, 5) is 4.22. The molecule has 2 rings (SSSR count). The summed E-state index contributed by atoms with van der Waals surface area (Å²) in [5, 5.41) is 15.1. The van der Waals surface area contributed by atoms with Crippen LogP contribution in [-0.2, 0) is 29.0 Å². The smallest absolute Gasteiger partial charge is 0.191 e. The van der Waals surface area contributed by atoms with Crippen molar-refractivity contribution in [3.63, 3.8) is 0 Å². The minimum atomic E-state index is 0. The van der Waals surface area contributed by atoms with Crippen LogP contribution in [0.25, 0.3) is 0 Å². The second-order valence-electron chi connectivity index (χ2n) is 5.45. The molecule has 9 heteroatoms. The lowest BCUT2D eigenvalue weighted by Crippen LogP contribution is -2.38. The van der Waals surface area contributed by atoms with E-state index in [1.54, 1.807) is 14.2 Å². The topological polar surface area (TPSA) is 85.6 Å². The third-order valence-corrected chi connectivity index (χ3v) is 3.76. The molecular formula is C15H29IN6O2. The van der Waals surface area contributed by atoms with Crippen LogP contribution in [-0.4, -0.2) is 61.2 Å². The van der Waals surface area contributed by atoms with Gasteiger partial charge in [-0.3, -0.25) is 4.99 Å². The number of aryl methyl sites for hydroxylation is 1. The zero-order chi connectivity index (χ0) is 16.3. The molecule has 1 aliphatic heterocycles. The van der Waals surface area contributed by atoms with Crippen molar-refractivity contribution in [3.05, 3.63) is 11.6 Å². The molecule has 0 unspecified atom stereocenters. The molecule has 0 saturated heterocycles. The molecule has 2 heterocycles. The fourth-order valence-electron chi connectivity index (χ4n) is 2.51. The molecule has 24 heavy (non-hydrogen) atoms. The standard InChI is InChI=1S/C15H28N6O2.HI/c1-16-15(17-7-5-9-23-11-10-22-2)18-12-14-20-19-13-6-3-4-8-21(13)14;/h3-12H2,1-2H3,(H2,16,17,18);1H. The molecule has 0 bridgehead atoms. The van der Waals surface area contributed by atoms with E-state index in [1.165, 1.54) is 12.8 Å². The first-order valence-electron chi connectivity index (χ1n) is 8.27. The monoisotopic (exact) mass is 452 g/mol. The number of hydrogen-bond donors (Lipinski definition) is 2. The molecule has 1 aromatic heterocycles. The Hall–Kier alpha value is -0.940. The highest BCUT2D eigenvalue weighted by Crippen LogP contribution is 2.13. The van der Waals surface area contributed by atoms with E-state index < -0.39 is 0 Å². The summed E-state index contributed by atoms with van der Waals surface area (Å²) in [6.45, 7) is 4.46. The molecule has 1 aliphatic rings. The van der Waals surface area contributed by atoms with Crippen LogP contribution in [0.4, 0.5) is 0 Å². The summed E-state index contributed by atoms with van der Waals surface area (Å²) in [5.74, 6) is 2.85. The Balaban J connectivity index is 0.00000288. The van der Waals surface area contributed by atoms with Crippen molar-refractivity contribution in [2.75, 3.05) is 40.5 Å². The van der Waals surface area contributed by atoms with E-state index in [9.17, 15) is 0 Å². The Morgan fingerprint density at radius 1 is 1.21 bits per heavy atom. The Bertz CT molecular complexity index is 494. The van der Waals surface area contributed by atoms with Gasteiger partial charge in [-0.1, -0.05) is 0 Å². The molecule has 0 atom stereocenters. The van der Waals surface area contributed by atoms with E-state index in [0.717, 1.165) is 43.5 Å². The summed E-state index contributed by atoms with van der Waals surface area (Å²) >= 11 is 0. The number of nitrogens with one attached hydrogen (secondary N) is 2. The number of ether oxygens (including phenoxy) is 2. The molecule has 0 fully saturated rings. The normalized spacial score (nSPS) is 14.0. The maximum atomic E-state index is 5.42. The average Bonchev–Trinajstić information content (AvgIpc) is 3.00. The van der Waals surface area contributed by atoms with Crippen LogP contribution in [0.2, 0.25) is 0 Å². The van der Waals surface area contributed by atoms with Gasteiger partial charge in [-0.25, -0.2) is 0 Å². The number of hydrogen-bond acceptors (Lipinski definition) is 5. The van der Waals surface area contributed by atoms with Crippen molar-refractivity contribution in [2.45, 2.75) is 38.8 Å². The molecule has 0 spiro atoms. The minimum absolute atomic E-state index is 0. The van der Waals surface area contributed by atoms with E-state index in [1.807, 2.05) is 0 Å². The van der Waals surface area contributed by atoms with Gasteiger partial charge in [0.25, 0.3) is 0 Å². The molecule has 2 N–H and O–H groups in total. The predicted molar refractivity (Wildman–Crippen MR) is 104 cm³/mol. The Morgan fingerprint density at radius 2 is 2.08 bits per heavy atom. The first-order chi connectivity index (χ1) is 11.3. The minimum Gasteiger partial charge on any atom is -0.382 e. The zero-order valence-electron chi connectivity index (χ0n) is 14.6. The number of halogens is 1. The van der Waals surface area contributed by atoms with Gasteiger partial charge < -0.3 is 24.7 Å². The van der Waals surface area contributed by atoms with Crippen molar-refractivity contribution in [3.8, 4) is 0 Å². The molecule has 0 saturated carbocycles. The quantitative estimate of drug-likeness (QED) is 0.251. The van der Waals surface area contributed by atoms with Crippen LogP contribution in [0.3, 0.4) is 0 Å². The van der Waals surface area contributed by atoms with Gasteiger partial charge in [-0.15, -0.1) is 34.2 Å². The lowest BCUT2D eigenvalue weighted by atomic mass is 10.2. The highest BCUT2D eigenvalue weighted by Gasteiger charge is 2.15. The lowest BCUT2D eigenvalue weighted by Gasteiger charge is -2.16. The van der Waals surface area contributed by atoms with Crippen LogP contribution in [0.15, 0.2) is 4.99 Å². The molecule has 0 aliphatic carbocycles. The third-order valence-electron chi connectivity index (χ3n) is 3.76. The van der Waals surface area contributed by atoms with E-state index in [4.69, 9.17) is 9.47 Å². The maximum absolute atomic E-state index is 5.42. The number of methoxy groups -OCH3 is 1. The molecule has 0 radical (unpaired) electrons. The zero-order valence-corrected chi connectivity index (χ0v) is 16.9. The number of rotatable bonds is 9. The largest absolute Gasteiger partial charge is 0.382 e. The van der Waals surface area contributed by atoms with Crippen molar-refractivity contribution in [1.82, 2.24) is 25.4 Å². The summed E-state index contributed by atoms with van der Waals surface area (Å²) in [5.41, 5.74) is 0. The third kappa shape index (κ3) is 6.89. The van der Waals surface area contributed by atoms with E-state index in [0.29, 0.717) is 26.4 Å². The number of guanidine groups is 1. The molecular weight excluding hydrogens is 423 g/mol. The van der Waals surface area contributed by atoms with E-state index in [-0.39, 0.29) is 24.0 Å². The van der Waals surface area contributed by atoms with Gasteiger partial charge in [0.2, 0.25) is 0 Å². The highest BCUT2D eigenvalue weighted by atomic mass is 127. The molecule has 1 aromatic rings.